The minimum Gasteiger partial charge on any atom is -0.376 e. The van der Waals surface area contributed by atoms with Crippen LogP contribution in [0.4, 0.5) is 10.1 Å². The number of para-hydroxylation sites is 1. The maximum Gasteiger partial charge on any atom is 0.146 e. The molecule has 0 bridgehead atoms. The predicted molar refractivity (Wildman–Crippen MR) is 88.2 cm³/mol. The lowest BCUT2D eigenvalue weighted by Gasteiger charge is -2.18. The maximum absolute atomic E-state index is 13.9. The average Bonchev–Trinajstić information content (AvgIpc) is 2.43. The monoisotopic (exact) mass is 285 g/mol. The van der Waals surface area contributed by atoms with Gasteiger partial charge in [-0.2, -0.15) is 0 Å². The molecule has 0 radical (unpaired) electrons. The van der Waals surface area contributed by atoms with Crippen molar-refractivity contribution in [1.29, 1.82) is 0 Å². The Balaban J connectivity index is 2.11. The van der Waals surface area contributed by atoms with E-state index in [1.165, 1.54) is 17.2 Å². The molecule has 1 unspecified atom stereocenters. The number of anilines is 1. The van der Waals surface area contributed by atoms with Crippen molar-refractivity contribution < 1.29 is 4.39 Å². The first-order valence-corrected chi connectivity index (χ1v) is 7.58. The molecule has 0 aliphatic carbocycles. The van der Waals surface area contributed by atoms with Crippen LogP contribution >= 0.6 is 0 Å². The topological polar surface area (TPSA) is 12.0 Å². The third-order valence-electron chi connectivity index (χ3n) is 3.71. The molecule has 0 heterocycles. The first-order chi connectivity index (χ1) is 9.97. The van der Waals surface area contributed by atoms with Gasteiger partial charge in [0.2, 0.25) is 0 Å². The molecule has 2 aromatic rings. The van der Waals surface area contributed by atoms with Gasteiger partial charge in [-0.15, -0.1) is 0 Å². The van der Waals surface area contributed by atoms with Crippen LogP contribution in [0.3, 0.4) is 0 Å². The zero-order valence-corrected chi connectivity index (χ0v) is 13.3. The van der Waals surface area contributed by atoms with Crippen LogP contribution in [0, 0.1) is 18.7 Å². The van der Waals surface area contributed by atoms with Crippen molar-refractivity contribution >= 4 is 5.69 Å². The number of hydrogen-bond donors (Lipinski definition) is 1. The van der Waals surface area contributed by atoms with Crippen LogP contribution in [0.2, 0.25) is 0 Å². The Morgan fingerprint density at radius 2 is 1.67 bits per heavy atom. The van der Waals surface area contributed by atoms with E-state index in [0.717, 1.165) is 12.0 Å². The molecule has 2 rings (SSSR count). The number of halogens is 1. The smallest absolute Gasteiger partial charge is 0.146 e. The van der Waals surface area contributed by atoms with Gasteiger partial charge in [0.25, 0.3) is 0 Å². The molecular formula is C19H24FN. The summed E-state index contributed by atoms with van der Waals surface area (Å²) >= 11 is 0. The van der Waals surface area contributed by atoms with E-state index in [-0.39, 0.29) is 11.9 Å². The summed E-state index contributed by atoms with van der Waals surface area (Å²) in [5, 5.41) is 3.28. The van der Waals surface area contributed by atoms with Gasteiger partial charge in [0.05, 0.1) is 5.69 Å². The van der Waals surface area contributed by atoms with E-state index in [1.54, 1.807) is 6.07 Å². The molecule has 2 heteroatoms. The SMILES string of the molecule is Cc1cccc(F)c1NC(C)c1ccc(CC(C)C)cc1. The molecule has 1 N–H and O–H groups in total. The standard InChI is InChI=1S/C19H24FN/c1-13(2)12-16-8-10-17(11-9-16)15(4)21-19-14(3)6-5-7-18(19)20/h5-11,13,15,21H,12H2,1-4H3. The van der Waals surface area contributed by atoms with Crippen molar-refractivity contribution in [2.45, 2.75) is 40.2 Å². The Bertz CT molecular complexity index is 567. The number of benzene rings is 2. The molecule has 0 amide bonds. The summed E-state index contributed by atoms with van der Waals surface area (Å²) in [5.74, 6) is 0.464. The summed E-state index contributed by atoms with van der Waals surface area (Å²) in [4.78, 5) is 0. The highest BCUT2D eigenvalue weighted by molar-refractivity contribution is 5.53. The van der Waals surface area contributed by atoms with Crippen molar-refractivity contribution in [1.82, 2.24) is 0 Å². The highest BCUT2D eigenvalue weighted by Gasteiger charge is 2.10. The molecule has 0 saturated carbocycles. The molecule has 0 aromatic heterocycles. The highest BCUT2D eigenvalue weighted by Crippen LogP contribution is 2.25. The molecule has 0 aliphatic heterocycles. The van der Waals surface area contributed by atoms with Gasteiger partial charge in [-0.3, -0.25) is 0 Å². The fourth-order valence-corrected chi connectivity index (χ4v) is 2.53. The second-order valence-electron chi connectivity index (χ2n) is 6.14. The second-order valence-corrected chi connectivity index (χ2v) is 6.14. The first-order valence-electron chi connectivity index (χ1n) is 7.58. The predicted octanol–water partition coefficient (Wildman–Crippen LogP) is 5.51. The van der Waals surface area contributed by atoms with Crippen LogP contribution in [-0.4, -0.2) is 0 Å². The molecular weight excluding hydrogens is 261 g/mol. The van der Waals surface area contributed by atoms with Gasteiger partial charge >= 0.3 is 0 Å². The van der Waals surface area contributed by atoms with Crippen LogP contribution in [0.25, 0.3) is 0 Å². The van der Waals surface area contributed by atoms with Gasteiger partial charge in [-0.25, -0.2) is 4.39 Å². The number of hydrogen-bond acceptors (Lipinski definition) is 1. The van der Waals surface area contributed by atoms with Crippen molar-refractivity contribution in [2.24, 2.45) is 5.92 Å². The average molecular weight is 285 g/mol. The zero-order valence-electron chi connectivity index (χ0n) is 13.3. The lowest BCUT2D eigenvalue weighted by Crippen LogP contribution is -2.09. The van der Waals surface area contributed by atoms with Gasteiger partial charge in [0.15, 0.2) is 0 Å². The minimum atomic E-state index is -0.196. The fourth-order valence-electron chi connectivity index (χ4n) is 2.53. The molecule has 2 aromatic carbocycles. The third kappa shape index (κ3) is 4.07. The van der Waals surface area contributed by atoms with Crippen molar-refractivity contribution in [2.75, 3.05) is 5.32 Å². The lowest BCUT2D eigenvalue weighted by molar-refractivity contribution is 0.626. The van der Waals surface area contributed by atoms with E-state index < -0.39 is 0 Å². The molecule has 1 atom stereocenters. The summed E-state index contributed by atoms with van der Waals surface area (Å²) in [6.07, 6.45) is 1.09. The zero-order chi connectivity index (χ0) is 15.4. The van der Waals surface area contributed by atoms with E-state index in [9.17, 15) is 4.39 Å². The maximum atomic E-state index is 13.9. The molecule has 0 fully saturated rings. The molecule has 0 saturated heterocycles. The van der Waals surface area contributed by atoms with Gasteiger partial charge in [0.1, 0.15) is 5.82 Å². The van der Waals surface area contributed by atoms with Gasteiger partial charge in [-0.1, -0.05) is 50.2 Å². The van der Waals surface area contributed by atoms with Crippen LogP contribution < -0.4 is 5.32 Å². The van der Waals surface area contributed by atoms with E-state index in [0.29, 0.717) is 11.6 Å². The van der Waals surface area contributed by atoms with E-state index in [1.807, 2.05) is 13.0 Å². The summed E-state index contributed by atoms with van der Waals surface area (Å²) in [6, 6.07) is 13.8. The Labute approximate surface area is 127 Å². The van der Waals surface area contributed by atoms with E-state index in [2.05, 4.69) is 50.4 Å². The van der Waals surface area contributed by atoms with Crippen LogP contribution in [0.5, 0.6) is 0 Å². The van der Waals surface area contributed by atoms with Crippen LogP contribution in [-0.2, 0) is 6.42 Å². The van der Waals surface area contributed by atoms with Crippen LogP contribution in [0.15, 0.2) is 42.5 Å². The largest absolute Gasteiger partial charge is 0.376 e. The quantitative estimate of drug-likeness (QED) is 0.764. The summed E-state index contributed by atoms with van der Waals surface area (Å²) in [5.41, 5.74) is 4.04. The third-order valence-corrected chi connectivity index (χ3v) is 3.71. The molecule has 112 valence electrons. The van der Waals surface area contributed by atoms with Crippen LogP contribution in [0.1, 0.15) is 43.5 Å². The summed E-state index contributed by atoms with van der Waals surface area (Å²) < 4.78 is 13.9. The summed E-state index contributed by atoms with van der Waals surface area (Å²) in [6.45, 7) is 8.42. The second kappa shape index (κ2) is 6.75. The number of aryl methyl sites for hydroxylation is 1. The molecule has 0 spiro atoms. The Morgan fingerprint density at radius 1 is 1.00 bits per heavy atom. The Morgan fingerprint density at radius 3 is 2.24 bits per heavy atom. The van der Waals surface area contributed by atoms with Crippen molar-refractivity contribution in [3.05, 3.63) is 65.0 Å². The van der Waals surface area contributed by atoms with E-state index >= 15 is 0 Å². The normalized spacial score (nSPS) is 12.5. The number of rotatable bonds is 5. The fraction of sp³-hybridized carbons (Fsp3) is 0.368. The van der Waals surface area contributed by atoms with E-state index in [4.69, 9.17) is 0 Å². The Hall–Kier alpha value is -1.83. The molecule has 21 heavy (non-hydrogen) atoms. The molecule has 1 nitrogen and oxygen atoms in total. The Kier molecular flexibility index (Phi) is 5.00. The lowest BCUT2D eigenvalue weighted by atomic mass is 9.99. The van der Waals surface area contributed by atoms with Crippen molar-refractivity contribution in [3.63, 3.8) is 0 Å². The molecule has 0 aliphatic rings. The van der Waals surface area contributed by atoms with Gasteiger partial charge in [0, 0.05) is 6.04 Å². The summed E-state index contributed by atoms with van der Waals surface area (Å²) in [7, 11) is 0. The number of nitrogens with one attached hydrogen (secondary N) is 1. The first kappa shape index (κ1) is 15.6. The van der Waals surface area contributed by atoms with Crippen molar-refractivity contribution in [3.8, 4) is 0 Å². The van der Waals surface area contributed by atoms with Gasteiger partial charge in [-0.05, 0) is 48.9 Å². The van der Waals surface area contributed by atoms with Gasteiger partial charge < -0.3 is 5.32 Å². The minimum absolute atomic E-state index is 0.0775. The highest BCUT2D eigenvalue weighted by atomic mass is 19.1.